The molecule has 0 saturated carbocycles. The molecule has 4 heterocycles. The van der Waals surface area contributed by atoms with Gasteiger partial charge in [0.05, 0.1) is 34.6 Å². The summed E-state index contributed by atoms with van der Waals surface area (Å²) in [6.07, 6.45) is 5.57. The predicted molar refractivity (Wildman–Crippen MR) is 206 cm³/mol. The Morgan fingerprint density at radius 1 is 0.540 bits per heavy atom. The lowest BCUT2D eigenvalue weighted by atomic mass is 9.92. The van der Waals surface area contributed by atoms with E-state index in [0.717, 1.165) is 94.2 Å². The highest BCUT2D eigenvalue weighted by molar-refractivity contribution is 6.30. The zero-order valence-electron chi connectivity index (χ0n) is 27.9. The van der Waals surface area contributed by atoms with Crippen molar-refractivity contribution in [2.45, 2.75) is 62.8 Å². The van der Waals surface area contributed by atoms with Crippen molar-refractivity contribution in [2.75, 3.05) is 13.1 Å². The standard InChI is InChI=1S/2C21H21ClN2O/c2*22-15-10-8-14(9-11-15)20-13-17(16-5-1-2-6-18(16)24-20)21(25)19-7-3-4-12-23-19/h2*1-2,5-6,8-11,13,19,21,23,25H,3-4,7,12H2/t19-,21+;19-,21-/m00/s1. The molecule has 256 valence electrons. The number of fused-ring (bicyclic) bond motifs is 2. The van der Waals surface area contributed by atoms with Gasteiger partial charge in [-0.3, -0.25) is 0 Å². The topological polar surface area (TPSA) is 90.3 Å². The minimum atomic E-state index is -0.542. The highest BCUT2D eigenvalue weighted by Gasteiger charge is 2.26. The molecule has 6 nitrogen and oxygen atoms in total. The largest absolute Gasteiger partial charge is 0.387 e. The van der Waals surface area contributed by atoms with Gasteiger partial charge in [-0.1, -0.05) is 96.7 Å². The fourth-order valence-electron chi connectivity index (χ4n) is 7.16. The zero-order valence-corrected chi connectivity index (χ0v) is 29.4. The van der Waals surface area contributed by atoms with Gasteiger partial charge in [-0.05, 0) is 98.4 Å². The van der Waals surface area contributed by atoms with Gasteiger partial charge in [0.15, 0.2) is 0 Å². The number of benzene rings is 4. The molecule has 0 aliphatic carbocycles. The van der Waals surface area contributed by atoms with Crippen molar-refractivity contribution in [2.24, 2.45) is 0 Å². The minimum absolute atomic E-state index is 0.0950. The molecule has 4 N–H and O–H groups in total. The molecule has 2 aromatic heterocycles. The number of aliphatic hydroxyl groups is 2. The second-order valence-corrected chi connectivity index (χ2v) is 14.1. The fraction of sp³-hybridized carbons (Fsp3) is 0.286. The molecule has 2 aliphatic heterocycles. The van der Waals surface area contributed by atoms with Crippen LogP contribution < -0.4 is 10.6 Å². The monoisotopic (exact) mass is 704 g/mol. The molecule has 0 bridgehead atoms. The van der Waals surface area contributed by atoms with Crippen molar-refractivity contribution in [3.63, 3.8) is 0 Å². The van der Waals surface area contributed by atoms with Gasteiger partial charge in [-0.15, -0.1) is 0 Å². The number of hydrogen-bond donors (Lipinski definition) is 4. The van der Waals surface area contributed by atoms with Gasteiger partial charge in [-0.25, -0.2) is 9.97 Å². The Bertz CT molecular complexity index is 1890. The number of nitrogens with one attached hydrogen (secondary N) is 2. The summed E-state index contributed by atoms with van der Waals surface area (Å²) in [6, 6.07) is 35.6. The smallest absolute Gasteiger partial charge is 0.0950 e. The lowest BCUT2D eigenvalue weighted by molar-refractivity contribution is 0.115. The van der Waals surface area contributed by atoms with Crippen LogP contribution in [0, 0.1) is 0 Å². The first-order chi connectivity index (χ1) is 24.4. The van der Waals surface area contributed by atoms with E-state index in [1.807, 2.05) is 109 Å². The maximum atomic E-state index is 11.0. The molecule has 6 aromatic rings. The Morgan fingerprint density at radius 2 is 0.940 bits per heavy atom. The summed E-state index contributed by atoms with van der Waals surface area (Å²) < 4.78 is 0. The van der Waals surface area contributed by atoms with Crippen LogP contribution in [-0.2, 0) is 0 Å². The van der Waals surface area contributed by atoms with Crippen LogP contribution in [0.5, 0.6) is 0 Å². The van der Waals surface area contributed by atoms with Gasteiger partial charge in [0.1, 0.15) is 0 Å². The molecule has 4 aromatic carbocycles. The van der Waals surface area contributed by atoms with E-state index < -0.39 is 12.2 Å². The summed E-state index contributed by atoms with van der Waals surface area (Å²) in [5.41, 5.74) is 7.41. The number of pyridine rings is 2. The first-order valence-electron chi connectivity index (χ1n) is 17.6. The predicted octanol–water partition coefficient (Wildman–Crippen LogP) is 9.46. The van der Waals surface area contributed by atoms with Gasteiger partial charge >= 0.3 is 0 Å². The summed E-state index contributed by atoms with van der Waals surface area (Å²) in [4.78, 5) is 9.58. The molecule has 8 rings (SSSR count). The molecule has 50 heavy (non-hydrogen) atoms. The fourth-order valence-corrected chi connectivity index (χ4v) is 7.41. The van der Waals surface area contributed by atoms with Gasteiger partial charge in [0.25, 0.3) is 0 Å². The number of para-hydroxylation sites is 2. The van der Waals surface area contributed by atoms with E-state index >= 15 is 0 Å². The highest BCUT2D eigenvalue weighted by Crippen LogP contribution is 2.34. The van der Waals surface area contributed by atoms with Gasteiger partial charge in [0.2, 0.25) is 0 Å². The molecule has 2 saturated heterocycles. The maximum absolute atomic E-state index is 11.0. The Morgan fingerprint density at radius 3 is 1.32 bits per heavy atom. The molecular formula is C42H42Cl2N4O2. The number of aliphatic hydroxyl groups excluding tert-OH is 2. The van der Waals surface area contributed by atoms with E-state index in [4.69, 9.17) is 33.2 Å². The quantitative estimate of drug-likeness (QED) is 0.138. The Hall–Kier alpha value is -3.88. The maximum Gasteiger partial charge on any atom is 0.0950 e. The third kappa shape index (κ3) is 7.87. The molecule has 4 atom stereocenters. The van der Waals surface area contributed by atoms with Crippen LogP contribution in [0.4, 0.5) is 0 Å². The van der Waals surface area contributed by atoms with Crippen LogP contribution in [0.25, 0.3) is 44.3 Å². The highest BCUT2D eigenvalue weighted by atomic mass is 35.5. The Balaban J connectivity index is 0.000000157. The first-order valence-corrected chi connectivity index (χ1v) is 18.3. The normalized spacial score (nSPS) is 19.0. The van der Waals surface area contributed by atoms with E-state index in [2.05, 4.69) is 10.6 Å². The molecule has 0 spiro atoms. The average Bonchev–Trinajstić information content (AvgIpc) is 3.18. The van der Waals surface area contributed by atoms with Crippen molar-refractivity contribution in [3.05, 3.63) is 130 Å². The summed E-state index contributed by atoms with van der Waals surface area (Å²) in [6.45, 7) is 1.93. The second kappa shape index (κ2) is 16.0. The van der Waals surface area contributed by atoms with E-state index in [9.17, 15) is 10.2 Å². The van der Waals surface area contributed by atoms with E-state index in [-0.39, 0.29) is 12.1 Å². The SMILES string of the molecule is O[C@@H](c1cc(-c2ccc(Cl)cc2)nc2ccccc12)[C@@H]1CCCCN1.O[C@H](c1cc(-c2ccc(Cl)cc2)nc2ccccc12)[C@@H]1CCCCN1. The van der Waals surface area contributed by atoms with Crippen molar-refractivity contribution in [1.29, 1.82) is 0 Å². The van der Waals surface area contributed by atoms with E-state index in [1.165, 1.54) is 12.8 Å². The van der Waals surface area contributed by atoms with Crippen molar-refractivity contribution in [3.8, 4) is 22.5 Å². The van der Waals surface area contributed by atoms with Crippen molar-refractivity contribution < 1.29 is 10.2 Å². The van der Waals surface area contributed by atoms with Gasteiger partial charge in [0, 0.05) is 44.0 Å². The van der Waals surface area contributed by atoms with Crippen molar-refractivity contribution in [1.82, 2.24) is 20.6 Å². The van der Waals surface area contributed by atoms with Crippen LogP contribution in [0.1, 0.15) is 61.9 Å². The third-order valence-corrected chi connectivity index (χ3v) is 10.4. The molecule has 0 amide bonds. The number of aromatic nitrogens is 2. The van der Waals surface area contributed by atoms with Crippen molar-refractivity contribution >= 4 is 45.0 Å². The number of rotatable bonds is 6. The summed E-state index contributed by atoms with van der Waals surface area (Å²) >= 11 is 12.0. The summed E-state index contributed by atoms with van der Waals surface area (Å²) in [5, 5.41) is 32.5. The van der Waals surface area contributed by atoms with Crippen LogP contribution in [-0.4, -0.2) is 45.4 Å². The van der Waals surface area contributed by atoms with Crippen LogP contribution in [0.15, 0.2) is 109 Å². The van der Waals surface area contributed by atoms with Gasteiger partial charge in [-0.2, -0.15) is 0 Å². The number of halogens is 2. The first kappa shape index (κ1) is 34.6. The Labute approximate surface area is 303 Å². The van der Waals surface area contributed by atoms with Crippen LogP contribution in [0.2, 0.25) is 10.0 Å². The lowest BCUT2D eigenvalue weighted by Gasteiger charge is -2.29. The molecule has 8 heteroatoms. The summed E-state index contributed by atoms with van der Waals surface area (Å²) in [5.74, 6) is 0. The molecular weight excluding hydrogens is 663 g/mol. The Kier molecular flexibility index (Phi) is 11.1. The lowest BCUT2D eigenvalue weighted by Crippen LogP contribution is -2.38. The zero-order chi connectivity index (χ0) is 34.5. The average molecular weight is 706 g/mol. The molecule has 0 unspecified atom stereocenters. The summed E-state index contributed by atoms with van der Waals surface area (Å²) in [7, 11) is 0. The van der Waals surface area contributed by atoms with E-state index in [1.54, 1.807) is 0 Å². The van der Waals surface area contributed by atoms with Crippen LogP contribution >= 0.6 is 23.2 Å². The molecule has 2 fully saturated rings. The number of hydrogen-bond acceptors (Lipinski definition) is 6. The third-order valence-electron chi connectivity index (χ3n) is 9.87. The van der Waals surface area contributed by atoms with Gasteiger partial charge < -0.3 is 20.8 Å². The van der Waals surface area contributed by atoms with Crippen LogP contribution in [0.3, 0.4) is 0 Å². The second-order valence-electron chi connectivity index (χ2n) is 13.2. The molecule has 0 radical (unpaired) electrons. The minimum Gasteiger partial charge on any atom is -0.387 e. The number of nitrogens with zero attached hydrogens (tertiary/aromatic N) is 2. The van der Waals surface area contributed by atoms with E-state index in [0.29, 0.717) is 10.0 Å². The number of piperidine rings is 2. The molecule has 2 aliphatic rings.